The molecule has 0 saturated heterocycles. The molecule has 1 heteroatoms. The van der Waals surface area contributed by atoms with E-state index in [9.17, 15) is 0 Å². The Morgan fingerprint density at radius 3 is 2.93 bits per heavy atom. The van der Waals surface area contributed by atoms with Crippen molar-refractivity contribution in [1.29, 1.82) is 0 Å². The first-order valence-corrected chi connectivity index (χ1v) is 5.71. The van der Waals surface area contributed by atoms with Crippen molar-refractivity contribution in [3.05, 3.63) is 29.8 Å². The highest BCUT2D eigenvalue weighted by atomic mass is 14.9. The second kappa shape index (κ2) is 4.50. The molecule has 0 fully saturated rings. The van der Waals surface area contributed by atoms with Gasteiger partial charge in [0, 0.05) is 11.7 Å². The second-order valence-corrected chi connectivity index (χ2v) is 4.30. The molecule has 1 atom stereocenters. The van der Waals surface area contributed by atoms with Gasteiger partial charge in [-0.2, -0.15) is 0 Å². The van der Waals surface area contributed by atoms with Gasteiger partial charge in [-0.15, -0.1) is 0 Å². The summed E-state index contributed by atoms with van der Waals surface area (Å²) in [5.74, 6) is 0. The van der Waals surface area contributed by atoms with E-state index >= 15 is 0 Å². The van der Waals surface area contributed by atoms with E-state index in [0.717, 1.165) is 0 Å². The lowest BCUT2D eigenvalue weighted by atomic mass is 10.1. The molecular weight excluding hydrogens is 170 g/mol. The first-order chi connectivity index (χ1) is 6.86. The van der Waals surface area contributed by atoms with Gasteiger partial charge in [0.15, 0.2) is 0 Å². The predicted octanol–water partition coefficient (Wildman–Crippen LogP) is 3.60. The van der Waals surface area contributed by atoms with Crippen molar-refractivity contribution in [1.82, 2.24) is 0 Å². The summed E-state index contributed by atoms with van der Waals surface area (Å²) in [5, 5.41) is 3.60. The van der Waals surface area contributed by atoms with Crippen LogP contribution in [-0.2, 0) is 6.42 Å². The van der Waals surface area contributed by atoms with Crippen LogP contribution >= 0.6 is 0 Å². The average molecular weight is 189 g/mol. The number of rotatable bonds is 0. The van der Waals surface area contributed by atoms with Crippen LogP contribution in [0.15, 0.2) is 24.3 Å². The molecule has 1 aliphatic heterocycles. The minimum absolute atomic E-state index is 0.620. The summed E-state index contributed by atoms with van der Waals surface area (Å²) in [6, 6.07) is 9.34. The fourth-order valence-corrected chi connectivity index (χ4v) is 2.16. The lowest BCUT2D eigenvalue weighted by Crippen LogP contribution is -2.15. The van der Waals surface area contributed by atoms with Crippen LogP contribution in [0.3, 0.4) is 0 Å². The zero-order valence-corrected chi connectivity index (χ0v) is 8.92. The molecule has 0 saturated carbocycles. The van der Waals surface area contributed by atoms with E-state index in [1.54, 1.807) is 0 Å². The fourth-order valence-electron chi connectivity index (χ4n) is 2.16. The molecule has 0 unspecified atom stereocenters. The van der Waals surface area contributed by atoms with E-state index in [-0.39, 0.29) is 0 Å². The van der Waals surface area contributed by atoms with Gasteiger partial charge in [0.25, 0.3) is 0 Å². The van der Waals surface area contributed by atoms with Gasteiger partial charge in [-0.05, 0) is 37.8 Å². The van der Waals surface area contributed by atoms with Gasteiger partial charge >= 0.3 is 0 Å². The monoisotopic (exact) mass is 189 g/mol. The summed E-state index contributed by atoms with van der Waals surface area (Å²) in [7, 11) is 0. The summed E-state index contributed by atoms with van der Waals surface area (Å²) < 4.78 is 0. The highest BCUT2D eigenvalue weighted by molar-refractivity contribution is 5.51. The third-order valence-corrected chi connectivity index (χ3v) is 3.00. The van der Waals surface area contributed by atoms with Gasteiger partial charge in [-0.1, -0.05) is 31.0 Å². The van der Waals surface area contributed by atoms with Crippen LogP contribution < -0.4 is 5.32 Å². The summed E-state index contributed by atoms with van der Waals surface area (Å²) in [5.41, 5.74) is 2.84. The second-order valence-electron chi connectivity index (χ2n) is 4.30. The quantitative estimate of drug-likeness (QED) is 0.657. The summed E-state index contributed by atoms with van der Waals surface area (Å²) in [6.07, 6.45) is 6.61. The molecule has 0 aliphatic carbocycles. The lowest BCUT2D eigenvalue weighted by Gasteiger charge is -2.15. The zero-order valence-electron chi connectivity index (χ0n) is 8.92. The van der Waals surface area contributed by atoms with Crippen molar-refractivity contribution in [2.75, 3.05) is 5.32 Å². The summed E-state index contributed by atoms with van der Waals surface area (Å²) >= 11 is 0. The van der Waals surface area contributed by atoms with E-state index in [1.165, 1.54) is 43.4 Å². The van der Waals surface area contributed by atoms with Crippen molar-refractivity contribution in [3.8, 4) is 0 Å². The summed E-state index contributed by atoms with van der Waals surface area (Å²) in [4.78, 5) is 0. The molecule has 1 nitrogen and oxygen atoms in total. The molecule has 0 amide bonds. The van der Waals surface area contributed by atoms with Gasteiger partial charge < -0.3 is 5.32 Å². The van der Waals surface area contributed by atoms with Gasteiger partial charge in [-0.3, -0.25) is 0 Å². The van der Waals surface area contributed by atoms with E-state index in [4.69, 9.17) is 0 Å². The van der Waals surface area contributed by atoms with Crippen molar-refractivity contribution in [2.45, 2.75) is 45.1 Å². The molecule has 1 aromatic rings. The maximum atomic E-state index is 3.60. The number of hydrogen-bond acceptors (Lipinski definition) is 1. The first kappa shape index (κ1) is 9.57. The SMILES string of the molecule is C[C@H]1CCCCCc2ccccc2N1. The van der Waals surface area contributed by atoms with Crippen LogP contribution in [-0.4, -0.2) is 6.04 Å². The number of fused-ring (bicyclic) bond motifs is 1. The normalized spacial score (nSPS) is 22.5. The number of benzene rings is 1. The van der Waals surface area contributed by atoms with Crippen LogP contribution in [0.1, 0.15) is 38.2 Å². The maximum absolute atomic E-state index is 3.60. The van der Waals surface area contributed by atoms with E-state index < -0.39 is 0 Å². The minimum Gasteiger partial charge on any atom is -0.382 e. The fraction of sp³-hybridized carbons (Fsp3) is 0.538. The Hall–Kier alpha value is -0.980. The van der Waals surface area contributed by atoms with Crippen molar-refractivity contribution < 1.29 is 0 Å². The Kier molecular flexibility index (Phi) is 3.07. The molecule has 0 bridgehead atoms. The van der Waals surface area contributed by atoms with Crippen LogP contribution in [0.25, 0.3) is 0 Å². The van der Waals surface area contributed by atoms with E-state index in [0.29, 0.717) is 6.04 Å². The molecule has 1 heterocycles. The Morgan fingerprint density at radius 1 is 1.14 bits per heavy atom. The lowest BCUT2D eigenvalue weighted by molar-refractivity contribution is 0.609. The van der Waals surface area contributed by atoms with E-state index in [1.807, 2.05) is 0 Å². The van der Waals surface area contributed by atoms with Crippen LogP contribution in [0.5, 0.6) is 0 Å². The Bertz CT molecular complexity index is 293. The van der Waals surface area contributed by atoms with Gasteiger partial charge in [0.05, 0.1) is 0 Å². The standard InChI is InChI=1S/C13H19N/c1-11-7-3-2-4-8-12-9-5-6-10-13(12)14-11/h5-6,9-11,14H,2-4,7-8H2,1H3/t11-/m0/s1. The molecule has 0 aromatic heterocycles. The molecule has 0 spiro atoms. The number of aryl methyl sites for hydroxylation is 1. The number of para-hydroxylation sites is 1. The predicted molar refractivity (Wildman–Crippen MR) is 61.7 cm³/mol. The molecule has 1 aliphatic rings. The highest BCUT2D eigenvalue weighted by Gasteiger charge is 2.08. The Morgan fingerprint density at radius 2 is 2.00 bits per heavy atom. The Balaban J connectivity index is 2.21. The van der Waals surface area contributed by atoms with E-state index in [2.05, 4.69) is 36.5 Å². The number of nitrogens with one attached hydrogen (secondary N) is 1. The molecule has 14 heavy (non-hydrogen) atoms. The van der Waals surface area contributed by atoms with Gasteiger partial charge in [0.1, 0.15) is 0 Å². The molecule has 1 N–H and O–H groups in total. The van der Waals surface area contributed by atoms with Crippen molar-refractivity contribution in [2.24, 2.45) is 0 Å². The van der Waals surface area contributed by atoms with Crippen LogP contribution in [0, 0.1) is 0 Å². The minimum atomic E-state index is 0.620. The molecular formula is C13H19N. The van der Waals surface area contributed by atoms with Crippen molar-refractivity contribution >= 4 is 5.69 Å². The maximum Gasteiger partial charge on any atom is 0.0374 e. The van der Waals surface area contributed by atoms with Crippen molar-refractivity contribution in [3.63, 3.8) is 0 Å². The highest BCUT2D eigenvalue weighted by Crippen LogP contribution is 2.22. The molecule has 76 valence electrons. The average Bonchev–Trinajstić information content (AvgIpc) is 2.27. The Labute approximate surface area is 86.5 Å². The van der Waals surface area contributed by atoms with Crippen LogP contribution in [0.4, 0.5) is 5.69 Å². The zero-order chi connectivity index (χ0) is 9.80. The topological polar surface area (TPSA) is 12.0 Å². The number of anilines is 1. The summed E-state index contributed by atoms with van der Waals surface area (Å²) in [6.45, 7) is 2.28. The smallest absolute Gasteiger partial charge is 0.0374 e. The largest absolute Gasteiger partial charge is 0.382 e. The molecule has 0 radical (unpaired) electrons. The molecule has 1 aromatic carbocycles. The third-order valence-electron chi connectivity index (χ3n) is 3.00. The third kappa shape index (κ3) is 2.28. The number of hydrogen-bond donors (Lipinski definition) is 1. The molecule has 2 rings (SSSR count). The first-order valence-electron chi connectivity index (χ1n) is 5.71. The van der Waals surface area contributed by atoms with Crippen LogP contribution in [0.2, 0.25) is 0 Å². The van der Waals surface area contributed by atoms with Gasteiger partial charge in [0.2, 0.25) is 0 Å². The van der Waals surface area contributed by atoms with Gasteiger partial charge in [-0.25, -0.2) is 0 Å².